The molecule has 0 saturated carbocycles. The van der Waals surface area contributed by atoms with Gasteiger partial charge in [0.1, 0.15) is 12.6 Å². The molecular weight excluding hydrogens is 238 g/mol. The molecule has 2 aromatic rings. The molecule has 0 amide bonds. The van der Waals surface area contributed by atoms with Crippen LogP contribution in [0.1, 0.15) is 23.3 Å². The predicted octanol–water partition coefficient (Wildman–Crippen LogP) is -0.747. The third-order valence-electron chi connectivity index (χ3n) is 3.37. The molecule has 3 unspecified atom stereocenters. The number of imidazole rings is 1. The van der Waals surface area contributed by atoms with Crippen molar-refractivity contribution in [1.82, 2.24) is 19.5 Å². The van der Waals surface area contributed by atoms with Gasteiger partial charge < -0.3 is 15.6 Å². The molecule has 4 heterocycles. The number of carbonyl (C=O) groups is 1. The molecule has 0 aliphatic carbocycles. The summed E-state index contributed by atoms with van der Waals surface area (Å²) in [7, 11) is 0. The molecule has 1 fully saturated rings. The van der Waals surface area contributed by atoms with Crippen LogP contribution in [-0.2, 0) is 4.74 Å². The zero-order valence-electron chi connectivity index (χ0n) is 9.15. The highest BCUT2D eigenvalue weighted by Crippen LogP contribution is 2.38. The van der Waals surface area contributed by atoms with Crippen molar-refractivity contribution >= 4 is 22.8 Å². The van der Waals surface area contributed by atoms with Crippen molar-refractivity contribution in [2.24, 2.45) is 0 Å². The summed E-state index contributed by atoms with van der Waals surface area (Å²) in [6.45, 7) is 0. The first kappa shape index (κ1) is 9.92. The second kappa shape index (κ2) is 3.03. The minimum atomic E-state index is -0.825. The molecule has 2 aromatic heterocycles. The molecule has 2 bridgehead atoms. The van der Waals surface area contributed by atoms with Crippen LogP contribution in [0.5, 0.6) is 0 Å². The molecule has 1 saturated heterocycles. The summed E-state index contributed by atoms with van der Waals surface area (Å²) in [5.41, 5.74) is 6.57. The molecule has 8 heteroatoms. The van der Waals surface area contributed by atoms with Gasteiger partial charge in [-0.3, -0.25) is 9.36 Å². The number of hydrogen-bond acceptors (Lipinski definition) is 7. The van der Waals surface area contributed by atoms with Gasteiger partial charge in [-0.05, 0) is 0 Å². The lowest BCUT2D eigenvalue weighted by Crippen LogP contribution is -2.35. The predicted molar refractivity (Wildman–Crippen MR) is 58.6 cm³/mol. The van der Waals surface area contributed by atoms with Crippen molar-refractivity contribution in [3.05, 3.63) is 12.2 Å². The highest BCUT2D eigenvalue weighted by Gasteiger charge is 2.47. The first-order chi connectivity index (χ1) is 8.66. The van der Waals surface area contributed by atoms with Gasteiger partial charge in [-0.25, -0.2) is 15.0 Å². The Hall–Kier alpha value is -2.06. The number of ether oxygens (including phenoxy) is 1. The van der Waals surface area contributed by atoms with Crippen molar-refractivity contribution in [3.63, 3.8) is 0 Å². The normalized spacial score (nSPS) is 29.8. The molecule has 4 rings (SSSR count). The van der Waals surface area contributed by atoms with E-state index in [1.165, 1.54) is 6.33 Å². The molecule has 0 spiro atoms. The number of aliphatic hydroxyl groups is 1. The number of carbonyl (C=O) groups excluding carboxylic acids is 1. The highest BCUT2D eigenvalue weighted by atomic mass is 16.5. The van der Waals surface area contributed by atoms with Gasteiger partial charge in [0, 0.05) is 6.42 Å². The number of anilines is 1. The van der Waals surface area contributed by atoms with Gasteiger partial charge in [-0.1, -0.05) is 0 Å². The summed E-state index contributed by atoms with van der Waals surface area (Å²) < 4.78 is 7.06. The fourth-order valence-corrected chi connectivity index (χ4v) is 2.55. The second-order valence-electron chi connectivity index (χ2n) is 4.42. The first-order valence-electron chi connectivity index (χ1n) is 5.53. The van der Waals surface area contributed by atoms with Crippen LogP contribution in [0, 0.1) is 0 Å². The summed E-state index contributed by atoms with van der Waals surface area (Å²) in [6, 6.07) is 0. The summed E-state index contributed by atoms with van der Waals surface area (Å²) in [5, 5.41) is 9.74. The molecule has 2 aliphatic rings. The number of nitrogens with two attached hydrogens (primary N) is 1. The van der Waals surface area contributed by atoms with Crippen LogP contribution in [0.25, 0.3) is 11.2 Å². The largest absolute Gasteiger partial charge is 0.390 e. The van der Waals surface area contributed by atoms with Crippen molar-refractivity contribution in [2.75, 3.05) is 5.73 Å². The number of Topliss-reactive ketones (excluding diaryl/α,β-unsaturated/α-hetero) is 1. The average molecular weight is 247 g/mol. The molecule has 0 radical (unpaired) electrons. The van der Waals surface area contributed by atoms with Gasteiger partial charge in [0.15, 0.2) is 28.9 Å². The average Bonchev–Trinajstić information content (AvgIpc) is 2.88. The lowest BCUT2D eigenvalue weighted by Gasteiger charge is -2.21. The smallest absolute Gasteiger partial charge is 0.229 e. The maximum atomic E-state index is 12.1. The summed E-state index contributed by atoms with van der Waals surface area (Å²) in [5.74, 6) is 0.120. The number of rotatable bonds is 0. The Morgan fingerprint density at radius 2 is 2.33 bits per heavy atom. The Balaban J connectivity index is 2.06. The second-order valence-corrected chi connectivity index (χ2v) is 4.42. The van der Waals surface area contributed by atoms with Gasteiger partial charge >= 0.3 is 0 Å². The van der Waals surface area contributed by atoms with E-state index in [0.29, 0.717) is 17.6 Å². The van der Waals surface area contributed by atoms with Crippen LogP contribution in [0.3, 0.4) is 0 Å². The van der Waals surface area contributed by atoms with E-state index in [1.807, 2.05) is 0 Å². The maximum absolute atomic E-state index is 12.1. The molecule has 8 nitrogen and oxygen atoms in total. The van der Waals surface area contributed by atoms with Crippen LogP contribution < -0.4 is 5.73 Å². The number of ketones is 1. The molecule has 3 atom stereocenters. The molecule has 0 aromatic carbocycles. The van der Waals surface area contributed by atoms with E-state index in [1.54, 1.807) is 4.57 Å². The summed E-state index contributed by atoms with van der Waals surface area (Å²) >= 11 is 0. The molecule has 18 heavy (non-hydrogen) atoms. The Kier molecular flexibility index (Phi) is 1.67. The molecule has 3 N–H and O–H groups in total. The van der Waals surface area contributed by atoms with E-state index in [2.05, 4.69) is 15.0 Å². The van der Waals surface area contributed by atoms with Crippen molar-refractivity contribution in [1.29, 1.82) is 0 Å². The van der Waals surface area contributed by atoms with Crippen molar-refractivity contribution in [3.8, 4) is 0 Å². The Labute approximate surface area is 100 Å². The van der Waals surface area contributed by atoms with Crippen LogP contribution >= 0.6 is 0 Å². The topological polar surface area (TPSA) is 116 Å². The lowest BCUT2D eigenvalue weighted by molar-refractivity contribution is -0.0206. The van der Waals surface area contributed by atoms with Crippen LogP contribution in [0.15, 0.2) is 6.33 Å². The number of aliphatic hydroxyl groups excluding tert-OH is 1. The van der Waals surface area contributed by atoms with Gasteiger partial charge in [-0.2, -0.15) is 0 Å². The minimum absolute atomic E-state index is 0.228. The molecule has 2 aliphatic heterocycles. The minimum Gasteiger partial charge on any atom is -0.390 e. The Bertz CT molecular complexity index is 681. The van der Waals surface area contributed by atoms with Crippen LogP contribution in [0.4, 0.5) is 5.82 Å². The van der Waals surface area contributed by atoms with Gasteiger partial charge in [0.25, 0.3) is 0 Å². The van der Waals surface area contributed by atoms with Crippen LogP contribution in [0.2, 0.25) is 0 Å². The van der Waals surface area contributed by atoms with Crippen molar-refractivity contribution < 1.29 is 14.6 Å². The highest BCUT2D eigenvalue weighted by molar-refractivity contribution is 6.01. The third kappa shape index (κ3) is 1.02. The Morgan fingerprint density at radius 3 is 3.17 bits per heavy atom. The summed E-state index contributed by atoms with van der Waals surface area (Å²) in [4.78, 5) is 24.2. The van der Waals surface area contributed by atoms with Crippen molar-refractivity contribution in [2.45, 2.75) is 24.9 Å². The van der Waals surface area contributed by atoms with E-state index in [9.17, 15) is 9.90 Å². The number of nitrogens with zero attached hydrogens (tertiary/aromatic N) is 4. The van der Waals surface area contributed by atoms with E-state index < -0.39 is 18.4 Å². The van der Waals surface area contributed by atoms with Gasteiger partial charge in [-0.15, -0.1) is 0 Å². The fraction of sp³-hybridized carbons (Fsp3) is 0.400. The lowest BCUT2D eigenvalue weighted by atomic mass is 10.1. The zero-order valence-corrected chi connectivity index (χ0v) is 9.15. The van der Waals surface area contributed by atoms with E-state index in [0.717, 1.165) is 0 Å². The van der Waals surface area contributed by atoms with E-state index in [-0.39, 0.29) is 17.4 Å². The first-order valence-corrected chi connectivity index (χ1v) is 5.53. The van der Waals surface area contributed by atoms with Gasteiger partial charge in [0.2, 0.25) is 5.78 Å². The number of hydrogen-bond donors (Lipinski definition) is 2. The number of aromatic nitrogens is 4. The van der Waals surface area contributed by atoms with Crippen LogP contribution in [-0.4, -0.2) is 42.6 Å². The third-order valence-corrected chi connectivity index (χ3v) is 3.37. The molecular formula is C10H9N5O3. The summed E-state index contributed by atoms with van der Waals surface area (Å²) in [6.07, 6.45) is -0.378. The number of fused-ring (bicyclic) bond motifs is 6. The maximum Gasteiger partial charge on any atom is 0.229 e. The fourth-order valence-electron chi connectivity index (χ4n) is 2.55. The molecule has 92 valence electrons. The standard InChI is InChI=1S/C10H9N5O3/c11-8-5-9(13-2-12-8)15-4-1-3(16)7(18-4)6(17)10(15)14-5/h2-4,7,16H,1H2,(H2,11,12,13). The monoisotopic (exact) mass is 247 g/mol. The number of nitrogen functional groups attached to an aromatic ring is 1. The van der Waals surface area contributed by atoms with E-state index in [4.69, 9.17) is 10.5 Å². The SMILES string of the molecule is Nc1ncnc2c1nc1n2C2CC(O)C(O2)C1=O. The quantitative estimate of drug-likeness (QED) is 0.629. The Morgan fingerprint density at radius 1 is 1.50 bits per heavy atom. The zero-order chi connectivity index (χ0) is 12.4. The van der Waals surface area contributed by atoms with Gasteiger partial charge in [0.05, 0.1) is 6.10 Å². The van der Waals surface area contributed by atoms with E-state index >= 15 is 0 Å².